The molecule has 0 aliphatic rings. The van der Waals surface area contributed by atoms with Crippen molar-refractivity contribution in [1.82, 2.24) is 0 Å². The molecule has 0 amide bonds. The van der Waals surface area contributed by atoms with Crippen molar-refractivity contribution in [3.8, 4) is 0 Å². The second kappa shape index (κ2) is 5.03. The van der Waals surface area contributed by atoms with Crippen LogP contribution in [-0.2, 0) is 11.2 Å². The fourth-order valence-corrected chi connectivity index (χ4v) is 1.56. The van der Waals surface area contributed by atoms with E-state index < -0.39 is 0 Å². The highest BCUT2D eigenvalue weighted by molar-refractivity contribution is 6.31. The van der Waals surface area contributed by atoms with Crippen molar-refractivity contribution < 1.29 is 4.79 Å². The Balaban J connectivity index is 2.61. The molecule has 0 atom stereocenters. The van der Waals surface area contributed by atoms with E-state index in [0.717, 1.165) is 29.7 Å². The van der Waals surface area contributed by atoms with Crippen LogP contribution in [0.25, 0.3) is 0 Å². The molecular weight excluding hydrogens is 184 g/mol. The number of carbonyl (C=O) groups is 1. The first-order chi connectivity index (χ1) is 6.24. The Morgan fingerprint density at radius 1 is 1.46 bits per heavy atom. The number of aldehydes is 1. The van der Waals surface area contributed by atoms with E-state index in [4.69, 9.17) is 11.6 Å². The average Bonchev–Trinajstić information content (AvgIpc) is 2.09. The Kier molecular flexibility index (Phi) is 3.97. The van der Waals surface area contributed by atoms with Crippen LogP contribution in [0.2, 0.25) is 5.02 Å². The van der Waals surface area contributed by atoms with Crippen molar-refractivity contribution in [1.29, 1.82) is 0 Å². The van der Waals surface area contributed by atoms with Gasteiger partial charge in [0.25, 0.3) is 0 Å². The van der Waals surface area contributed by atoms with Gasteiger partial charge in [-0.2, -0.15) is 0 Å². The van der Waals surface area contributed by atoms with Gasteiger partial charge in [0.15, 0.2) is 0 Å². The zero-order valence-corrected chi connectivity index (χ0v) is 8.47. The van der Waals surface area contributed by atoms with Gasteiger partial charge in [0.05, 0.1) is 0 Å². The minimum atomic E-state index is 0.615. The van der Waals surface area contributed by atoms with Crippen LogP contribution in [0.5, 0.6) is 0 Å². The summed E-state index contributed by atoms with van der Waals surface area (Å²) in [6, 6.07) is 6.03. The van der Waals surface area contributed by atoms with Gasteiger partial charge in [-0.25, -0.2) is 0 Å². The standard InChI is InChI=1S/C11H13ClO/c1-9-5-6-10(11(12)8-9)4-2-3-7-13/h5-8H,2-4H2,1H3. The third-order valence-electron chi connectivity index (χ3n) is 1.98. The van der Waals surface area contributed by atoms with Crippen molar-refractivity contribution in [2.24, 2.45) is 0 Å². The fourth-order valence-electron chi connectivity index (χ4n) is 1.23. The Hall–Kier alpha value is -0.820. The predicted octanol–water partition coefficient (Wildman–Crippen LogP) is 3.17. The molecule has 0 aliphatic carbocycles. The largest absolute Gasteiger partial charge is 0.303 e. The van der Waals surface area contributed by atoms with Crippen LogP contribution >= 0.6 is 11.6 Å². The summed E-state index contributed by atoms with van der Waals surface area (Å²) >= 11 is 6.02. The monoisotopic (exact) mass is 196 g/mol. The third kappa shape index (κ3) is 3.19. The molecule has 70 valence electrons. The van der Waals surface area contributed by atoms with E-state index in [-0.39, 0.29) is 0 Å². The zero-order chi connectivity index (χ0) is 9.68. The maximum absolute atomic E-state index is 10.1. The SMILES string of the molecule is Cc1ccc(CCCC=O)c(Cl)c1. The van der Waals surface area contributed by atoms with Gasteiger partial charge in [-0.3, -0.25) is 0 Å². The number of hydrogen-bond donors (Lipinski definition) is 0. The van der Waals surface area contributed by atoms with Crippen LogP contribution < -0.4 is 0 Å². The summed E-state index contributed by atoms with van der Waals surface area (Å²) in [7, 11) is 0. The van der Waals surface area contributed by atoms with Crippen molar-refractivity contribution in [2.45, 2.75) is 26.2 Å². The Bertz CT molecular complexity index is 294. The van der Waals surface area contributed by atoms with Gasteiger partial charge in [-0.1, -0.05) is 23.7 Å². The van der Waals surface area contributed by atoms with E-state index in [2.05, 4.69) is 0 Å². The summed E-state index contributed by atoms with van der Waals surface area (Å²) in [6.45, 7) is 2.01. The highest BCUT2D eigenvalue weighted by Crippen LogP contribution is 2.19. The number of aryl methyl sites for hydroxylation is 2. The van der Waals surface area contributed by atoms with Crippen LogP contribution in [0.1, 0.15) is 24.0 Å². The summed E-state index contributed by atoms with van der Waals surface area (Å²) < 4.78 is 0. The molecule has 1 aromatic rings. The summed E-state index contributed by atoms with van der Waals surface area (Å²) in [5.74, 6) is 0. The maximum Gasteiger partial charge on any atom is 0.120 e. The molecule has 0 aromatic heterocycles. The van der Waals surface area contributed by atoms with E-state index in [1.807, 2.05) is 25.1 Å². The molecule has 0 fully saturated rings. The molecule has 0 saturated carbocycles. The summed E-state index contributed by atoms with van der Waals surface area (Å²) in [4.78, 5) is 10.1. The van der Waals surface area contributed by atoms with E-state index in [1.54, 1.807) is 0 Å². The Morgan fingerprint density at radius 2 is 2.23 bits per heavy atom. The number of unbranched alkanes of at least 4 members (excludes halogenated alkanes) is 1. The van der Waals surface area contributed by atoms with Gasteiger partial charge in [0.1, 0.15) is 6.29 Å². The smallest absolute Gasteiger partial charge is 0.120 e. The van der Waals surface area contributed by atoms with Gasteiger partial charge in [-0.15, -0.1) is 0 Å². The van der Waals surface area contributed by atoms with Crippen molar-refractivity contribution in [3.05, 3.63) is 34.3 Å². The van der Waals surface area contributed by atoms with E-state index in [9.17, 15) is 4.79 Å². The molecule has 0 spiro atoms. The first-order valence-corrected chi connectivity index (χ1v) is 4.80. The van der Waals surface area contributed by atoms with Crippen molar-refractivity contribution >= 4 is 17.9 Å². The van der Waals surface area contributed by atoms with Gasteiger partial charge in [-0.05, 0) is 37.0 Å². The zero-order valence-electron chi connectivity index (χ0n) is 7.72. The lowest BCUT2D eigenvalue weighted by molar-refractivity contribution is -0.107. The number of rotatable bonds is 4. The summed E-state index contributed by atoms with van der Waals surface area (Å²) in [5, 5.41) is 0.811. The normalized spacial score (nSPS) is 10.0. The number of benzene rings is 1. The van der Waals surface area contributed by atoms with Crippen LogP contribution in [0.3, 0.4) is 0 Å². The highest BCUT2D eigenvalue weighted by atomic mass is 35.5. The molecule has 0 unspecified atom stereocenters. The minimum absolute atomic E-state index is 0.615. The number of hydrogen-bond acceptors (Lipinski definition) is 1. The van der Waals surface area contributed by atoms with Crippen LogP contribution in [0.4, 0.5) is 0 Å². The van der Waals surface area contributed by atoms with E-state index >= 15 is 0 Å². The second-order valence-corrected chi connectivity index (χ2v) is 3.56. The van der Waals surface area contributed by atoms with Crippen LogP contribution in [0.15, 0.2) is 18.2 Å². The lowest BCUT2D eigenvalue weighted by atomic mass is 10.1. The van der Waals surface area contributed by atoms with Crippen molar-refractivity contribution in [2.75, 3.05) is 0 Å². The molecule has 0 heterocycles. The molecule has 0 radical (unpaired) electrons. The minimum Gasteiger partial charge on any atom is -0.303 e. The van der Waals surface area contributed by atoms with Gasteiger partial charge >= 0.3 is 0 Å². The summed E-state index contributed by atoms with van der Waals surface area (Å²) in [5.41, 5.74) is 2.30. The fraction of sp³-hybridized carbons (Fsp3) is 0.364. The molecule has 13 heavy (non-hydrogen) atoms. The molecular formula is C11H13ClO. The molecule has 2 heteroatoms. The van der Waals surface area contributed by atoms with Gasteiger partial charge in [0.2, 0.25) is 0 Å². The third-order valence-corrected chi connectivity index (χ3v) is 2.33. The quantitative estimate of drug-likeness (QED) is 0.534. The van der Waals surface area contributed by atoms with Crippen LogP contribution in [-0.4, -0.2) is 6.29 Å². The van der Waals surface area contributed by atoms with Gasteiger partial charge in [0, 0.05) is 11.4 Å². The topological polar surface area (TPSA) is 17.1 Å². The van der Waals surface area contributed by atoms with E-state index in [1.165, 1.54) is 5.56 Å². The molecule has 1 nitrogen and oxygen atoms in total. The summed E-state index contributed by atoms with van der Waals surface area (Å²) in [6.07, 6.45) is 3.33. The van der Waals surface area contributed by atoms with Gasteiger partial charge < -0.3 is 4.79 Å². The first kappa shape index (κ1) is 10.3. The lowest BCUT2D eigenvalue weighted by Crippen LogP contribution is -1.88. The molecule has 1 rings (SSSR count). The average molecular weight is 197 g/mol. The second-order valence-electron chi connectivity index (χ2n) is 3.15. The number of halogens is 1. The van der Waals surface area contributed by atoms with E-state index in [0.29, 0.717) is 6.42 Å². The Morgan fingerprint density at radius 3 is 2.85 bits per heavy atom. The molecule has 0 aliphatic heterocycles. The lowest BCUT2D eigenvalue weighted by Gasteiger charge is -2.03. The molecule has 0 bridgehead atoms. The first-order valence-electron chi connectivity index (χ1n) is 4.42. The van der Waals surface area contributed by atoms with Crippen molar-refractivity contribution in [3.63, 3.8) is 0 Å². The molecule has 0 saturated heterocycles. The maximum atomic E-state index is 10.1. The molecule has 0 N–H and O–H groups in total. The predicted molar refractivity (Wildman–Crippen MR) is 55.2 cm³/mol. The van der Waals surface area contributed by atoms with Crippen LogP contribution in [0, 0.1) is 6.92 Å². The molecule has 1 aromatic carbocycles. The number of carbonyl (C=O) groups excluding carboxylic acids is 1. The highest BCUT2D eigenvalue weighted by Gasteiger charge is 1.99. The Labute approximate surface area is 83.7 Å².